The lowest BCUT2D eigenvalue weighted by molar-refractivity contribution is -0.136. The average molecular weight is 228 g/mol. The third-order valence-electron chi connectivity index (χ3n) is 2.40. The molecule has 1 N–H and O–H groups in total. The Labute approximate surface area is 92.9 Å². The molecule has 0 fully saturated rings. The van der Waals surface area contributed by atoms with Crippen molar-refractivity contribution in [2.24, 2.45) is 0 Å². The lowest BCUT2D eigenvalue weighted by Crippen LogP contribution is -2.03. The van der Waals surface area contributed by atoms with Gasteiger partial charge in [0, 0.05) is 12.5 Å². The molecule has 4 heteroatoms. The summed E-state index contributed by atoms with van der Waals surface area (Å²) >= 11 is 0. The molecule has 0 saturated heterocycles. The van der Waals surface area contributed by atoms with Gasteiger partial charge in [0.2, 0.25) is 0 Å². The molecule has 0 aliphatic carbocycles. The zero-order chi connectivity index (χ0) is 12.3. The van der Waals surface area contributed by atoms with Crippen molar-refractivity contribution in [1.29, 1.82) is 0 Å². The second kappa shape index (κ2) is 5.05. The van der Waals surface area contributed by atoms with E-state index in [4.69, 9.17) is 5.11 Å². The van der Waals surface area contributed by atoms with Crippen LogP contribution >= 0.6 is 0 Å². The van der Waals surface area contributed by atoms with Crippen LogP contribution in [0, 0.1) is 11.6 Å². The number of rotatable bonds is 4. The third kappa shape index (κ3) is 3.02. The highest BCUT2D eigenvalue weighted by molar-refractivity contribution is 5.67. The summed E-state index contributed by atoms with van der Waals surface area (Å²) in [6.45, 7) is 3.61. The summed E-state index contributed by atoms with van der Waals surface area (Å²) in [4.78, 5) is 10.4. The van der Waals surface area contributed by atoms with Crippen LogP contribution in [0.15, 0.2) is 12.1 Å². The fourth-order valence-electron chi connectivity index (χ4n) is 1.49. The highest BCUT2D eigenvalue weighted by Gasteiger charge is 2.13. The molecular weight excluding hydrogens is 214 g/mol. The van der Waals surface area contributed by atoms with Crippen LogP contribution in [0.3, 0.4) is 0 Å². The number of carboxylic acids is 1. The van der Waals surface area contributed by atoms with Gasteiger partial charge >= 0.3 is 5.97 Å². The van der Waals surface area contributed by atoms with Crippen molar-refractivity contribution in [3.05, 3.63) is 34.9 Å². The van der Waals surface area contributed by atoms with Gasteiger partial charge in [0.05, 0.1) is 0 Å². The molecule has 0 bridgehead atoms. The van der Waals surface area contributed by atoms with E-state index in [-0.39, 0.29) is 24.3 Å². The SMILES string of the molecule is CC(C)c1cc(CCC(=O)O)c(F)cc1F. The van der Waals surface area contributed by atoms with E-state index >= 15 is 0 Å². The van der Waals surface area contributed by atoms with Gasteiger partial charge < -0.3 is 5.11 Å². The fourth-order valence-corrected chi connectivity index (χ4v) is 1.49. The van der Waals surface area contributed by atoms with Crippen LogP contribution in [0.25, 0.3) is 0 Å². The van der Waals surface area contributed by atoms with Crippen LogP contribution in [-0.4, -0.2) is 11.1 Å². The highest BCUT2D eigenvalue weighted by Crippen LogP contribution is 2.22. The number of hydrogen-bond donors (Lipinski definition) is 1. The van der Waals surface area contributed by atoms with Crippen molar-refractivity contribution in [2.45, 2.75) is 32.6 Å². The zero-order valence-corrected chi connectivity index (χ0v) is 9.26. The number of hydrogen-bond acceptors (Lipinski definition) is 1. The number of aryl methyl sites for hydroxylation is 1. The summed E-state index contributed by atoms with van der Waals surface area (Å²) in [5.74, 6) is -2.30. The van der Waals surface area contributed by atoms with E-state index in [1.165, 1.54) is 6.07 Å². The van der Waals surface area contributed by atoms with E-state index in [0.717, 1.165) is 6.07 Å². The van der Waals surface area contributed by atoms with E-state index in [1.807, 2.05) is 0 Å². The molecule has 0 saturated carbocycles. The highest BCUT2D eigenvalue weighted by atomic mass is 19.1. The topological polar surface area (TPSA) is 37.3 Å². The van der Waals surface area contributed by atoms with Crippen LogP contribution in [0.1, 0.15) is 37.3 Å². The summed E-state index contributed by atoms with van der Waals surface area (Å²) in [5, 5.41) is 8.50. The van der Waals surface area contributed by atoms with Crippen LogP contribution < -0.4 is 0 Å². The second-order valence-electron chi connectivity index (χ2n) is 4.01. The first-order chi connectivity index (χ1) is 7.41. The molecule has 2 nitrogen and oxygen atoms in total. The predicted molar refractivity (Wildman–Crippen MR) is 56.4 cm³/mol. The standard InChI is InChI=1S/C12H14F2O2/c1-7(2)9-5-8(3-4-12(15)16)10(13)6-11(9)14/h5-7H,3-4H2,1-2H3,(H,15,16). The molecule has 0 aromatic heterocycles. The molecule has 0 amide bonds. The minimum absolute atomic E-state index is 0.0517. The molecular formula is C12H14F2O2. The largest absolute Gasteiger partial charge is 0.481 e. The molecule has 0 aliphatic heterocycles. The van der Waals surface area contributed by atoms with E-state index in [2.05, 4.69) is 0 Å². The van der Waals surface area contributed by atoms with Crippen molar-refractivity contribution in [2.75, 3.05) is 0 Å². The van der Waals surface area contributed by atoms with Gasteiger partial charge in [-0.3, -0.25) is 4.79 Å². The van der Waals surface area contributed by atoms with Crippen molar-refractivity contribution >= 4 is 5.97 Å². The van der Waals surface area contributed by atoms with Crippen molar-refractivity contribution in [3.63, 3.8) is 0 Å². The molecule has 88 valence electrons. The van der Waals surface area contributed by atoms with Crippen molar-refractivity contribution in [3.8, 4) is 0 Å². The van der Waals surface area contributed by atoms with Crippen molar-refractivity contribution < 1.29 is 18.7 Å². The molecule has 0 unspecified atom stereocenters. The first-order valence-corrected chi connectivity index (χ1v) is 5.11. The number of carbonyl (C=O) groups is 1. The third-order valence-corrected chi connectivity index (χ3v) is 2.40. The molecule has 0 heterocycles. The Hall–Kier alpha value is -1.45. The Kier molecular flexibility index (Phi) is 3.99. The molecule has 0 atom stereocenters. The second-order valence-corrected chi connectivity index (χ2v) is 4.01. The zero-order valence-electron chi connectivity index (χ0n) is 9.26. The molecule has 16 heavy (non-hydrogen) atoms. The van der Waals surface area contributed by atoms with Gasteiger partial charge in [0.25, 0.3) is 0 Å². The van der Waals surface area contributed by atoms with E-state index < -0.39 is 17.6 Å². The Morgan fingerprint density at radius 3 is 2.44 bits per heavy atom. The summed E-state index contributed by atoms with van der Waals surface area (Å²) in [5.41, 5.74) is 0.675. The normalized spacial score (nSPS) is 10.8. The average Bonchev–Trinajstić information content (AvgIpc) is 2.15. The number of carboxylic acid groups (broad SMARTS) is 1. The Balaban J connectivity index is 3.00. The first-order valence-electron chi connectivity index (χ1n) is 5.11. The summed E-state index contributed by atoms with van der Waals surface area (Å²) in [6.07, 6.45) is -0.0682. The molecule has 0 spiro atoms. The van der Waals surface area contributed by atoms with Gasteiger partial charge in [-0.2, -0.15) is 0 Å². The van der Waals surface area contributed by atoms with Gasteiger partial charge in [-0.1, -0.05) is 13.8 Å². The summed E-state index contributed by atoms with van der Waals surface area (Å²) in [7, 11) is 0. The van der Waals surface area contributed by atoms with Crippen LogP contribution in [0.4, 0.5) is 8.78 Å². The minimum atomic E-state index is -0.991. The smallest absolute Gasteiger partial charge is 0.303 e. The van der Waals surface area contributed by atoms with Gasteiger partial charge in [-0.15, -0.1) is 0 Å². The number of benzene rings is 1. The maximum atomic E-state index is 13.3. The van der Waals surface area contributed by atoms with Gasteiger partial charge in [-0.05, 0) is 29.5 Å². The van der Waals surface area contributed by atoms with E-state index in [0.29, 0.717) is 5.56 Å². The summed E-state index contributed by atoms with van der Waals surface area (Å²) in [6, 6.07) is 2.24. The van der Waals surface area contributed by atoms with E-state index in [1.54, 1.807) is 13.8 Å². The quantitative estimate of drug-likeness (QED) is 0.859. The lowest BCUT2D eigenvalue weighted by Gasteiger charge is -2.10. The molecule has 0 radical (unpaired) electrons. The Morgan fingerprint density at radius 1 is 1.31 bits per heavy atom. The maximum Gasteiger partial charge on any atom is 0.303 e. The fraction of sp³-hybridized carbons (Fsp3) is 0.417. The van der Waals surface area contributed by atoms with Gasteiger partial charge in [0.15, 0.2) is 0 Å². The van der Waals surface area contributed by atoms with Gasteiger partial charge in [0.1, 0.15) is 11.6 Å². The maximum absolute atomic E-state index is 13.3. The Bertz CT molecular complexity index is 400. The van der Waals surface area contributed by atoms with Crippen LogP contribution in [-0.2, 0) is 11.2 Å². The van der Waals surface area contributed by atoms with Crippen LogP contribution in [0.5, 0.6) is 0 Å². The molecule has 1 aromatic carbocycles. The van der Waals surface area contributed by atoms with Gasteiger partial charge in [-0.25, -0.2) is 8.78 Å². The molecule has 1 aromatic rings. The number of halogens is 2. The Morgan fingerprint density at radius 2 is 1.94 bits per heavy atom. The molecule has 0 aliphatic rings. The predicted octanol–water partition coefficient (Wildman–Crippen LogP) is 3.11. The minimum Gasteiger partial charge on any atom is -0.481 e. The van der Waals surface area contributed by atoms with Crippen LogP contribution in [0.2, 0.25) is 0 Å². The number of aliphatic carboxylic acids is 1. The lowest BCUT2D eigenvalue weighted by atomic mass is 9.98. The monoisotopic (exact) mass is 228 g/mol. The van der Waals surface area contributed by atoms with E-state index in [9.17, 15) is 13.6 Å². The molecule has 1 rings (SSSR count). The summed E-state index contributed by atoms with van der Waals surface area (Å²) < 4.78 is 26.6. The first kappa shape index (κ1) is 12.6. The van der Waals surface area contributed by atoms with Crippen molar-refractivity contribution in [1.82, 2.24) is 0 Å².